The summed E-state index contributed by atoms with van der Waals surface area (Å²) in [4.78, 5) is 8.58. The molecule has 2 N–H and O–H groups in total. The Morgan fingerprint density at radius 2 is 2.14 bits per heavy atom. The van der Waals surface area contributed by atoms with Crippen LogP contribution in [0.25, 0.3) is 10.9 Å². The van der Waals surface area contributed by atoms with Gasteiger partial charge in [-0.05, 0) is 40.8 Å². The highest BCUT2D eigenvalue weighted by Gasteiger charge is 2.09. The molecule has 0 aliphatic rings. The first-order valence-electron chi connectivity index (χ1n) is 6.18. The summed E-state index contributed by atoms with van der Waals surface area (Å²) in [7, 11) is 3.51. The van der Waals surface area contributed by atoms with Crippen molar-refractivity contribution < 1.29 is 4.39 Å². The molecule has 1 aromatic carbocycles. The minimum Gasteiger partial charge on any atom is -0.372 e. The summed E-state index contributed by atoms with van der Waals surface area (Å²) in [5.41, 5.74) is 1.48. The second-order valence-electron chi connectivity index (χ2n) is 4.41. The maximum atomic E-state index is 13.5. The van der Waals surface area contributed by atoms with Gasteiger partial charge in [0.1, 0.15) is 5.82 Å². The number of anilines is 3. The number of aryl methyl sites for hydroxylation is 1. The van der Waals surface area contributed by atoms with Gasteiger partial charge in [0, 0.05) is 26.0 Å². The van der Waals surface area contributed by atoms with Gasteiger partial charge in [0.05, 0.1) is 14.5 Å². The van der Waals surface area contributed by atoms with E-state index >= 15 is 0 Å². The summed E-state index contributed by atoms with van der Waals surface area (Å²) in [6, 6.07) is 5.27. The van der Waals surface area contributed by atoms with E-state index in [4.69, 9.17) is 0 Å². The van der Waals surface area contributed by atoms with Crippen LogP contribution in [-0.4, -0.2) is 26.8 Å². The molecule has 0 aliphatic carbocycles. The molecule has 2 heterocycles. The molecule has 0 spiro atoms. The molecule has 3 rings (SSSR count). The molecule has 0 unspecified atom stereocenters. The first kappa shape index (κ1) is 14.0. The summed E-state index contributed by atoms with van der Waals surface area (Å²) in [5, 5.41) is 10.4. The van der Waals surface area contributed by atoms with Gasteiger partial charge in [-0.3, -0.25) is 4.68 Å². The van der Waals surface area contributed by atoms with E-state index in [2.05, 4.69) is 48.3 Å². The lowest BCUT2D eigenvalue weighted by Gasteiger charge is -2.08. The molecule has 8 heteroatoms. The number of nitrogens with zero attached hydrogens (tertiary/aromatic N) is 4. The summed E-state index contributed by atoms with van der Waals surface area (Å²) < 4.78 is 16.0. The highest BCUT2D eigenvalue weighted by molar-refractivity contribution is 14.1. The Balaban J connectivity index is 1.96. The van der Waals surface area contributed by atoms with Gasteiger partial charge < -0.3 is 10.6 Å². The highest BCUT2D eigenvalue weighted by Crippen LogP contribution is 2.23. The van der Waals surface area contributed by atoms with Gasteiger partial charge in [-0.15, -0.1) is 5.10 Å². The van der Waals surface area contributed by atoms with Gasteiger partial charge >= 0.3 is 0 Å². The van der Waals surface area contributed by atoms with Crippen LogP contribution in [0.5, 0.6) is 0 Å². The molecule has 108 valence electrons. The Morgan fingerprint density at radius 3 is 2.90 bits per heavy atom. The third-order valence-corrected chi connectivity index (χ3v) is 3.83. The van der Waals surface area contributed by atoms with Crippen molar-refractivity contribution in [1.29, 1.82) is 0 Å². The fourth-order valence-corrected chi connectivity index (χ4v) is 2.55. The topological polar surface area (TPSA) is 67.7 Å². The molecule has 0 saturated carbocycles. The number of aromatic nitrogens is 4. The predicted octanol–water partition coefficient (Wildman–Crippen LogP) is 2.89. The van der Waals surface area contributed by atoms with E-state index < -0.39 is 5.95 Å². The molecule has 21 heavy (non-hydrogen) atoms. The van der Waals surface area contributed by atoms with Crippen LogP contribution in [0.1, 0.15) is 0 Å². The largest absolute Gasteiger partial charge is 0.372 e. The van der Waals surface area contributed by atoms with Crippen molar-refractivity contribution in [3.05, 3.63) is 33.9 Å². The third kappa shape index (κ3) is 2.62. The van der Waals surface area contributed by atoms with Crippen molar-refractivity contribution in [2.24, 2.45) is 7.05 Å². The maximum Gasteiger partial charge on any atom is 0.240 e. The van der Waals surface area contributed by atoms with Crippen LogP contribution in [-0.2, 0) is 7.05 Å². The number of halogens is 2. The summed E-state index contributed by atoms with van der Waals surface area (Å²) >= 11 is 2.16. The van der Waals surface area contributed by atoms with Gasteiger partial charge in [0.15, 0.2) is 0 Å². The van der Waals surface area contributed by atoms with Crippen LogP contribution in [0.2, 0.25) is 0 Å². The monoisotopic (exact) mass is 398 g/mol. The number of hydrogen-bond donors (Lipinski definition) is 2. The van der Waals surface area contributed by atoms with E-state index in [9.17, 15) is 4.39 Å². The number of benzene rings is 1. The maximum absolute atomic E-state index is 13.5. The zero-order valence-corrected chi connectivity index (χ0v) is 13.5. The van der Waals surface area contributed by atoms with Crippen LogP contribution < -0.4 is 10.6 Å². The molecular formula is C13H12FIN6. The van der Waals surface area contributed by atoms with E-state index in [-0.39, 0.29) is 0 Å². The fraction of sp³-hybridized carbons (Fsp3) is 0.154. The van der Waals surface area contributed by atoms with E-state index in [1.807, 2.05) is 6.07 Å². The second-order valence-corrected chi connectivity index (χ2v) is 5.57. The summed E-state index contributed by atoms with van der Waals surface area (Å²) in [6.07, 6.45) is 1.73. The Kier molecular flexibility index (Phi) is 3.62. The number of rotatable bonds is 3. The zero-order chi connectivity index (χ0) is 15.0. The van der Waals surface area contributed by atoms with Gasteiger partial charge in [-0.1, -0.05) is 0 Å². The highest BCUT2D eigenvalue weighted by atomic mass is 127. The lowest BCUT2D eigenvalue weighted by molar-refractivity contribution is 0.562. The average Bonchev–Trinajstić information content (AvgIpc) is 2.76. The van der Waals surface area contributed by atoms with E-state index in [1.54, 1.807) is 32.4 Å². The Hall–Kier alpha value is -1.97. The lowest BCUT2D eigenvalue weighted by Crippen LogP contribution is -2.02. The van der Waals surface area contributed by atoms with Crippen molar-refractivity contribution >= 4 is 50.9 Å². The van der Waals surface area contributed by atoms with Crippen molar-refractivity contribution in [2.45, 2.75) is 0 Å². The van der Waals surface area contributed by atoms with Crippen LogP contribution in [0, 0.1) is 9.52 Å². The fourth-order valence-electron chi connectivity index (χ4n) is 2.02. The zero-order valence-electron chi connectivity index (χ0n) is 11.4. The molecular weight excluding hydrogens is 386 g/mol. The minimum atomic E-state index is -0.470. The quantitative estimate of drug-likeness (QED) is 0.665. The van der Waals surface area contributed by atoms with Crippen molar-refractivity contribution in [1.82, 2.24) is 19.7 Å². The SMILES string of the molecule is CNc1nc(Nc2ccc3c(F)nn(C)c3c2)ncc1I. The van der Waals surface area contributed by atoms with E-state index in [0.717, 1.165) is 15.1 Å². The van der Waals surface area contributed by atoms with E-state index in [1.165, 1.54) is 4.68 Å². The average molecular weight is 398 g/mol. The van der Waals surface area contributed by atoms with Crippen LogP contribution in [0.3, 0.4) is 0 Å². The Morgan fingerprint density at radius 1 is 1.33 bits per heavy atom. The normalized spacial score (nSPS) is 10.9. The van der Waals surface area contributed by atoms with Gasteiger partial charge in [-0.25, -0.2) is 4.98 Å². The number of nitrogens with one attached hydrogen (secondary N) is 2. The Labute approximate surface area is 133 Å². The second kappa shape index (κ2) is 5.43. The van der Waals surface area contributed by atoms with E-state index in [0.29, 0.717) is 16.9 Å². The molecule has 0 bridgehead atoms. The Bertz CT molecular complexity index is 816. The third-order valence-electron chi connectivity index (χ3n) is 3.04. The minimum absolute atomic E-state index is 0.470. The van der Waals surface area contributed by atoms with Gasteiger partial charge in [0.25, 0.3) is 0 Å². The van der Waals surface area contributed by atoms with Crippen LogP contribution in [0.4, 0.5) is 21.8 Å². The van der Waals surface area contributed by atoms with Gasteiger partial charge in [0.2, 0.25) is 11.9 Å². The molecule has 0 atom stereocenters. The summed E-state index contributed by atoms with van der Waals surface area (Å²) in [5.74, 6) is 0.754. The van der Waals surface area contributed by atoms with Crippen LogP contribution >= 0.6 is 22.6 Å². The first-order valence-corrected chi connectivity index (χ1v) is 7.26. The number of fused-ring (bicyclic) bond motifs is 1. The van der Waals surface area contributed by atoms with Crippen molar-refractivity contribution in [3.63, 3.8) is 0 Å². The van der Waals surface area contributed by atoms with Crippen molar-refractivity contribution in [2.75, 3.05) is 17.7 Å². The molecule has 3 aromatic rings. The van der Waals surface area contributed by atoms with Crippen LogP contribution in [0.15, 0.2) is 24.4 Å². The first-order chi connectivity index (χ1) is 10.1. The molecule has 0 fully saturated rings. The molecule has 2 aromatic heterocycles. The summed E-state index contributed by atoms with van der Waals surface area (Å²) in [6.45, 7) is 0. The predicted molar refractivity (Wildman–Crippen MR) is 88.3 cm³/mol. The molecule has 0 radical (unpaired) electrons. The van der Waals surface area contributed by atoms with Crippen molar-refractivity contribution in [3.8, 4) is 0 Å². The molecule has 0 aliphatic heterocycles. The molecule has 6 nitrogen and oxygen atoms in total. The smallest absolute Gasteiger partial charge is 0.240 e. The lowest BCUT2D eigenvalue weighted by atomic mass is 10.2. The van der Waals surface area contributed by atoms with Gasteiger partial charge in [-0.2, -0.15) is 9.37 Å². The molecule has 0 saturated heterocycles. The standard InChI is InChI=1S/C13H12FIN6/c1-16-12-9(15)6-17-13(19-12)18-7-3-4-8-10(5-7)21(2)20-11(8)14/h3-6H,1-2H3,(H2,16,17,18,19). The molecule has 0 amide bonds. The number of hydrogen-bond acceptors (Lipinski definition) is 5.